The van der Waals surface area contributed by atoms with E-state index in [2.05, 4.69) is 15.9 Å². The molecular weight excluding hydrogens is 468 g/mol. The molecule has 8 heteroatoms. The van der Waals surface area contributed by atoms with Crippen molar-refractivity contribution >= 4 is 39.3 Å². The molecule has 3 atom stereocenters. The van der Waals surface area contributed by atoms with Crippen LogP contribution in [0.1, 0.15) is 24.1 Å². The Morgan fingerprint density at radius 3 is 2.73 bits per heavy atom. The highest BCUT2D eigenvalue weighted by Crippen LogP contribution is 2.47. The normalized spacial score (nSPS) is 24.3. The Kier molecular flexibility index (Phi) is 4.44. The second-order valence-corrected chi connectivity index (χ2v) is 9.30. The predicted molar refractivity (Wildman–Crippen MR) is 116 cm³/mol. The van der Waals surface area contributed by atoms with Crippen molar-refractivity contribution in [3.63, 3.8) is 0 Å². The van der Waals surface area contributed by atoms with Gasteiger partial charge in [-0.15, -0.1) is 0 Å². The molecule has 3 heterocycles. The van der Waals surface area contributed by atoms with Crippen LogP contribution < -0.4 is 19.6 Å². The smallest absolute Gasteiger partial charge is 0.317 e. The second kappa shape index (κ2) is 6.92. The molecule has 3 aromatic rings. The Bertz CT molecular complexity index is 1340. The van der Waals surface area contributed by atoms with E-state index < -0.39 is 23.7 Å². The molecule has 2 aliphatic rings. The summed E-state index contributed by atoms with van der Waals surface area (Å²) in [6.07, 6.45) is 1.84. The van der Waals surface area contributed by atoms with E-state index in [9.17, 15) is 9.59 Å². The third-order valence-corrected chi connectivity index (χ3v) is 7.01. The molecular formula is C22H17BrN2O4S. The van der Waals surface area contributed by atoms with E-state index in [0.29, 0.717) is 15.1 Å². The molecule has 0 amide bonds. The zero-order chi connectivity index (χ0) is 21.0. The molecule has 0 aliphatic carbocycles. The number of esters is 1. The number of rotatable bonds is 2. The van der Waals surface area contributed by atoms with Crippen LogP contribution in [0.3, 0.4) is 0 Å². The minimum atomic E-state index is -1.15. The van der Waals surface area contributed by atoms with E-state index in [1.54, 1.807) is 11.5 Å². The Labute approximate surface area is 184 Å². The van der Waals surface area contributed by atoms with Gasteiger partial charge in [0.2, 0.25) is 5.72 Å². The average molecular weight is 485 g/mol. The average Bonchev–Trinajstić information content (AvgIpc) is 3.02. The van der Waals surface area contributed by atoms with E-state index >= 15 is 0 Å². The number of ether oxygens (including phenoxy) is 2. The fourth-order valence-electron chi connectivity index (χ4n) is 4.14. The Balaban J connectivity index is 1.79. The summed E-state index contributed by atoms with van der Waals surface area (Å²) in [5.41, 5.74) is 0.346. The molecule has 0 saturated carbocycles. The molecule has 0 N–H and O–H groups in total. The van der Waals surface area contributed by atoms with E-state index in [1.807, 2.05) is 54.6 Å². The summed E-state index contributed by atoms with van der Waals surface area (Å²) < 4.78 is 14.4. The minimum Gasteiger partial charge on any atom is -0.469 e. The first-order valence-electron chi connectivity index (χ1n) is 9.35. The van der Waals surface area contributed by atoms with Gasteiger partial charge in [-0.3, -0.25) is 14.2 Å². The number of nitrogens with zero attached hydrogens (tertiary/aromatic N) is 2. The molecule has 30 heavy (non-hydrogen) atoms. The Hall–Kier alpha value is -2.71. The first-order chi connectivity index (χ1) is 14.4. The lowest BCUT2D eigenvalue weighted by Crippen LogP contribution is -2.58. The summed E-state index contributed by atoms with van der Waals surface area (Å²) in [6.45, 7) is 1.77. The summed E-state index contributed by atoms with van der Waals surface area (Å²) in [7, 11) is 1.34. The Morgan fingerprint density at radius 1 is 1.27 bits per heavy atom. The van der Waals surface area contributed by atoms with Crippen LogP contribution >= 0.6 is 27.3 Å². The van der Waals surface area contributed by atoms with Gasteiger partial charge in [-0.05, 0) is 36.8 Å². The summed E-state index contributed by atoms with van der Waals surface area (Å²) in [6, 6.07) is 14.6. The first-order valence-corrected chi connectivity index (χ1v) is 11.0. The van der Waals surface area contributed by atoms with Crippen LogP contribution in [0.25, 0.3) is 6.08 Å². The van der Waals surface area contributed by atoms with Gasteiger partial charge in [0.1, 0.15) is 11.7 Å². The second-order valence-electron chi connectivity index (χ2n) is 7.37. The number of hydrogen-bond donors (Lipinski definition) is 0. The zero-order valence-corrected chi connectivity index (χ0v) is 18.6. The summed E-state index contributed by atoms with van der Waals surface area (Å²) in [5.74, 6) is -0.600. The standard InChI is InChI=1S/C22H17BrN2O4S/c1-22-17(20(27)28-2)18(14-5-3-4-6-15(14)29-22)25-19(26)16(30-21(25)24-22)11-12-7-9-13(23)10-8-12/h3-11,17-18H,1-2H3/b16-11-/t17-,18+,22-/m0/s1. The van der Waals surface area contributed by atoms with Crippen LogP contribution in [0, 0.1) is 5.92 Å². The number of aromatic nitrogens is 1. The van der Waals surface area contributed by atoms with Crippen LogP contribution in [0.15, 0.2) is 62.8 Å². The highest BCUT2D eigenvalue weighted by molar-refractivity contribution is 9.10. The van der Waals surface area contributed by atoms with Crippen LogP contribution in [0.4, 0.5) is 0 Å². The van der Waals surface area contributed by atoms with Gasteiger partial charge in [-0.1, -0.05) is 57.6 Å². The van der Waals surface area contributed by atoms with Crippen LogP contribution in [0.5, 0.6) is 5.75 Å². The molecule has 152 valence electrons. The Morgan fingerprint density at radius 2 is 2.00 bits per heavy atom. The van der Waals surface area contributed by atoms with E-state index in [4.69, 9.17) is 14.5 Å². The fraction of sp³-hybridized carbons (Fsp3) is 0.227. The van der Waals surface area contributed by atoms with Crippen LogP contribution in [-0.4, -0.2) is 23.4 Å². The lowest BCUT2D eigenvalue weighted by Gasteiger charge is -2.44. The largest absolute Gasteiger partial charge is 0.469 e. The van der Waals surface area contributed by atoms with Crippen molar-refractivity contribution in [3.05, 3.63) is 83.8 Å². The number of hydrogen-bond acceptors (Lipinski definition) is 6. The van der Waals surface area contributed by atoms with Gasteiger partial charge in [-0.25, -0.2) is 4.99 Å². The van der Waals surface area contributed by atoms with Crippen LogP contribution in [-0.2, 0) is 9.53 Å². The summed E-state index contributed by atoms with van der Waals surface area (Å²) >= 11 is 4.72. The van der Waals surface area contributed by atoms with Gasteiger partial charge >= 0.3 is 5.97 Å². The van der Waals surface area contributed by atoms with Gasteiger partial charge in [0.05, 0.1) is 17.7 Å². The maximum absolute atomic E-state index is 13.4. The number of benzene rings is 2. The number of carbonyl (C=O) groups is 1. The molecule has 0 radical (unpaired) electrons. The molecule has 0 spiro atoms. The van der Waals surface area contributed by atoms with Crippen molar-refractivity contribution in [1.82, 2.24) is 4.57 Å². The van der Waals surface area contributed by atoms with E-state index in [-0.39, 0.29) is 5.56 Å². The number of para-hydroxylation sites is 1. The summed E-state index contributed by atoms with van der Waals surface area (Å²) in [4.78, 5) is 31.4. The van der Waals surface area contributed by atoms with Crippen molar-refractivity contribution in [3.8, 4) is 5.75 Å². The highest BCUT2D eigenvalue weighted by atomic mass is 79.9. The van der Waals surface area contributed by atoms with E-state index in [0.717, 1.165) is 15.6 Å². The highest BCUT2D eigenvalue weighted by Gasteiger charge is 2.55. The number of carbonyl (C=O) groups excluding carboxylic acids is 1. The van der Waals surface area contributed by atoms with Crippen LogP contribution in [0.2, 0.25) is 0 Å². The SMILES string of the molecule is COC(=O)[C@@H]1[C@H]2c3ccccc3O[C@]1(C)N=c1s/c(=C\c3ccc(Br)cc3)c(=O)n12. The fourth-order valence-corrected chi connectivity index (χ4v) is 5.51. The molecule has 2 bridgehead atoms. The van der Waals surface area contributed by atoms with Crippen molar-refractivity contribution in [2.45, 2.75) is 18.7 Å². The van der Waals surface area contributed by atoms with Crippen molar-refractivity contribution in [2.24, 2.45) is 10.9 Å². The maximum Gasteiger partial charge on any atom is 0.317 e. The van der Waals surface area contributed by atoms with Crippen molar-refractivity contribution < 1.29 is 14.3 Å². The monoisotopic (exact) mass is 484 g/mol. The molecule has 5 rings (SSSR count). The lowest BCUT2D eigenvalue weighted by atomic mass is 9.81. The number of thiazole rings is 1. The quantitative estimate of drug-likeness (QED) is 0.524. The number of halogens is 1. The number of methoxy groups -OCH3 is 1. The van der Waals surface area contributed by atoms with Crippen molar-refractivity contribution in [2.75, 3.05) is 7.11 Å². The molecule has 2 aliphatic heterocycles. The first kappa shape index (κ1) is 19.3. The van der Waals surface area contributed by atoms with Crippen molar-refractivity contribution in [1.29, 1.82) is 0 Å². The molecule has 2 aromatic carbocycles. The third-order valence-electron chi connectivity index (χ3n) is 5.50. The lowest BCUT2D eigenvalue weighted by molar-refractivity contribution is -0.158. The van der Waals surface area contributed by atoms with Gasteiger partial charge in [-0.2, -0.15) is 0 Å². The molecule has 6 nitrogen and oxygen atoms in total. The van der Waals surface area contributed by atoms with Gasteiger partial charge in [0.15, 0.2) is 4.80 Å². The molecule has 0 fully saturated rings. The van der Waals surface area contributed by atoms with Gasteiger partial charge in [0, 0.05) is 10.0 Å². The van der Waals surface area contributed by atoms with E-state index in [1.165, 1.54) is 18.4 Å². The molecule has 0 unspecified atom stereocenters. The predicted octanol–water partition coefficient (Wildman–Crippen LogP) is 2.62. The van der Waals surface area contributed by atoms with Gasteiger partial charge < -0.3 is 9.47 Å². The van der Waals surface area contributed by atoms with Gasteiger partial charge in [0.25, 0.3) is 5.56 Å². The molecule has 1 aromatic heterocycles. The zero-order valence-electron chi connectivity index (χ0n) is 16.2. The third kappa shape index (κ3) is 2.86. The number of fused-ring (bicyclic) bond motifs is 6. The molecule has 0 saturated heterocycles. The maximum atomic E-state index is 13.4. The minimum absolute atomic E-state index is 0.181. The summed E-state index contributed by atoms with van der Waals surface area (Å²) in [5, 5.41) is 0. The topological polar surface area (TPSA) is 69.9 Å².